The van der Waals surface area contributed by atoms with Gasteiger partial charge in [-0.05, 0) is 43.2 Å². The van der Waals surface area contributed by atoms with Crippen molar-refractivity contribution in [2.24, 2.45) is 0 Å². The van der Waals surface area contributed by atoms with Crippen LogP contribution in [0.1, 0.15) is 46.4 Å². The van der Waals surface area contributed by atoms with E-state index in [1.54, 1.807) is 30.3 Å². The lowest BCUT2D eigenvalue weighted by molar-refractivity contribution is 0.0937. The second-order valence-electron chi connectivity index (χ2n) is 5.88. The minimum atomic E-state index is -0.319. The normalized spacial score (nSPS) is 14.4. The van der Waals surface area contributed by atoms with Crippen LogP contribution in [-0.4, -0.2) is 22.8 Å². The molecule has 1 aliphatic rings. The molecular formula is C18H18ClN3O2. The number of hydrogen-bond acceptors (Lipinski definition) is 3. The maximum atomic E-state index is 12.3. The van der Waals surface area contributed by atoms with Crippen molar-refractivity contribution in [3.8, 4) is 0 Å². The molecule has 2 aromatic rings. The average Bonchev–Trinajstić information content (AvgIpc) is 3.10. The molecule has 0 atom stereocenters. The molecule has 1 saturated carbocycles. The lowest BCUT2D eigenvalue weighted by Gasteiger charge is -2.12. The maximum Gasteiger partial charge on any atom is 0.257 e. The van der Waals surface area contributed by atoms with Crippen molar-refractivity contribution >= 4 is 29.1 Å². The molecule has 6 heteroatoms. The minimum absolute atomic E-state index is 0.185. The summed E-state index contributed by atoms with van der Waals surface area (Å²) in [6.45, 7) is 0. The van der Waals surface area contributed by atoms with Gasteiger partial charge < -0.3 is 10.6 Å². The Morgan fingerprint density at radius 3 is 2.29 bits per heavy atom. The first-order valence-electron chi connectivity index (χ1n) is 7.94. The molecular weight excluding hydrogens is 326 g/mol. The smallest absolute Gasteiger partial charge is 0.257 e. The Labute approximate surface area is 145 Å². The fourth-order valence-corrected chi connectivity index (χ4v) is 2.89. The summed E-state index contributed by atoms with van der Waals surface area (Å²) >= 11 is 5.82. The summed E-state index contributed by atoms with van der Waals surface area (Å²) in [5, 5.41) is 6.34. The molecule has 0 aliphatic heterocycles. The van der Waals surface area contributed by atoms with E-state index in [0.717, 1.165) is 25.7 Å². The van der Waals surface area contributed by atoms with Crippen LogP contribution in [0.15, 0.2) is 42.7 Å². The van der Waals surface area contributed by atoms with Crippen molar-refractivity contribution in [2.75, 3.05) is 5.32 Å². The molecule has 1 aromatic heterocycles. The van der Waals surface area contributed by atoms with Gasteiger partial charge in [0.25, 0.3) is 11.8 Å². The van der Waals surface area contributed by atoms with Gasteiger partial charge in [-0.15, -0.1) is 0 Å². The van der Waals surface area contributed by atoms with Crippen LogP contribution in [-0.2, 0) is 0 Å². The van der Waals surface area contributed by atoms with Crippen molar-refractivity contribution in [3.63, 3.8) is 0 Å². The molecule has 2 amide bonds. The second-order valence-corrected chi connectivity index (χ2v) is 6.31. The van der Waals surface area contributed by atoms with E-state index in [1.165, 1.54) is 12.4 Å². The van der Waals surface area contributed by atoms with E-state index in [2.05, 4.69) is 15.6 Å². The fraction of sp³-hybridized carbons (Fsp3) is 0.278. The minimum Gasteiger partial charge on any atom is -0.349 e. The molecule has 1 fully saturated rings. The molecule has 0 saturated heterocycles. The van der Waals surface area contributed by atoms with Crippen molar-refractivity contribution < 1.29 is 9.59 Å². The van der Waals surface area contributed by atoms with Gasteiger partial charge in [0, 0.05) is 29.1 Å². The van der Waals surface area contributed by atoms with Gasteiger partial charge in [-0.25, -0.2) is 0 Å². The van der Waals surface area contributed by atoms with Gasteiger partial charge in [0.2, 0.25) is 0 Å². The van der Waals surface area contributed by atoms with Gasteiger partial charge in [-0.1, -0.05) is 24.4 Å². The summed E-state index contributed by atoms with van der Waals surface area (Å²) in [6.07, 6.45) is 7.23. The molecule has 24 heavy (non-hydrogen) atoms. The number of aromatic nitrogens is 1. The number of rotatable bonds is 4. The standard InChI is InChI=1S/C18H18ClN3O2/c19-14-5-7-16(8-6-14)22-18(24)13-9-12(10-20-11-13)17(23)21-15-3-1-2-4-15/h5-11,15H,1-4H2,(H,21,23)(H,22,24). The van der Waals surface area contributed by atoms with Crippen molar-refractivity contribution in [1.82, 2.24) is 10.3 Å². The first-order valence-corrected chi connectivity index (χ1v) is 8.32. The number of pyridine rings is 1. The number of hydrogen-bond donors (Lipinski definition) is 2. The molecule has 1 aliphatic carbocycles. The number of nitrogens with zero attached hydrogens (tertiary/aromatic N) is 1. The Balaban J connectivity index is 1.68. The summed E-state index contributed by atoms with van der Waals surface area (Å²) in [5.41, 5.74) is 1.36. The quantitative estimate of drug-likeness (QED) is 0.890. The highest BCUT2D eigenvalue weighted by atomic mass is 35.5. The number of benzene rings is 1. The third-order valence-electron chi connectivity index (χ3n) is 4.06. The highest BCUT2D eigenvalue weighted by molar-refractivity contribution is 6.30. The molecule has 0 radical (unpaired) electrons. The summed E-state index contributed by atoms with van der Waals surface area (Å²) in [6, 6.07) is 8.60. The van der Waals surface area contributed by atoms with E-state index in [0.29, 0.717) is 21.8 Å². The van der Waals surface area contributed by atoms with Gasteiger partial charge in [0.05, 0.1) is 11.1 Å². The topological polar surface area (TPSA) is 71.1 Å². The second kappa shape index (κ2) is 7.45. The third-order valence-corrected chi connectivity index (χ3v) is 4.31. The first kappa shape index (κ1) is 16.5. The Bertz CT molecular complexity index is 740. The number of carbonyl (C=O) groups excluding carboxylic acids is 2. The molecule has 5 nitrogen and oxygen atoms in total. The molecule has 0 spiro atoms. The Kier molecular flexibility index (Phi) is 5.11. The van der Waals surface area contributed by atoms with Gasteiger partial charge in [0.1, 0.15) is 0 Å². The van der Waals surface area contributed by atoms with Gasteiger partial charge in [0.15, 0.2) is 0 Å². The average molecular weight is 344 g/mol. The molecule has 124 valence electrons. The largest absolute Gasteiger partial charge is 0.349 e. The molecule has 3 rings (SSSR count). The van der Waals surface area contributed by atoms with E-state index in [4.69, 9.17) is 11.6 Å². The lowest BCUT2D eigenvalue weighted by atomic mass is 10.1. The van der Waals surface area contributed by atoms with Crippen LogP contribution in [0.25, 0.3) is 0 Å². The van der Waals surface area contributed by atoms with E-state index in [1.807, 2.05) is 0 Å². The number of anilines is 1. The molecule has 1 heterocycles. The predicted octanol–water partition coefficient (Wildman–Crippen LogP) is 3.66. The van der Waals surface area contributed by atoms with Crippen molar-refractivity contribution in [3.05, 3.63) is 58.9 Å². The van der Waals surface area contributed by atoms with Crippen LogP contribution >= 0.6 is 11.6 Å². The molecule has 0 bridgehead atoms. The van der Waals surface area contributed by atoms with E-state index in [-0.39, 0.29) is 17.9 Å². The number of carbonyl (C=O) groups is 2. The maximum absolute atomic E-state index is 12.3. The molecule has 2 N–H and O–H groups in total. The predicted molar refractivity (Wildman–Crippen MR) is 93.4 cm³/mol. The fourth-order valence-electron chi connectivity index (χ4n) is 2.76. The lowest BCUT2D eigenvalue weighted by Crippen LogP contribution is -2.32. The zero-order valence-electron chi connectivity index (χ0n) is 13.1. The van der Waals surface area contributed by atoms with Gasteiger partial charge in [-0.2, -0.15) is 0 Å². The van der Waals surface area contributed by atoms with Gasteiger partial charge in [-0.3, -0.25) is 14.6 Å². The van der Waals surface area contributed by atoms with Crippen LogP contribution in [0, 0.1) is 0 Å². The summed E-state index contributed by atoms with van der Waals surface area (Å²) in [7, 11) is 0. The van der Waals surface area contributed by atoms with Crippen molar-refractivity contribution in [2.45, 2.75) is 31.7 Å². The zero-order valence-corrected chi connectivity index (χ0v) is 13.8. The summed E-state index contributed by atoms with van der Waals surface area (Å²) in [5.74, 6) is -0.504. The number of nitrogens with one attached hydrogen (secondary N) is 2. The summed E-state index contributed by atoms with van der Waals surface area (Å²) < 4.78 is 0. The van der Waals surface area contributed by atoms with Crippen LogP contribution in [0.5, 0.6) is 0 Å². The highest BCUT2D eigenvalue weighted by Gasteiger charge is 2.19. The van der Waals surface area contributed by atoms with Crippen LogP contribution in [0.2, 0.25) is 5.02 Å². The zero-order chi connectivity index (χ0) is 16.9. The first-order chi connectivity index (χ1) is 11.6. The van der Waals surface area contributed by atoms with Crippen LogP contribution in [0.4, 0.5) is 5.69 Å². The number of amides is 2. The van der Waals surface area contributed by atoms with E-state index < -0.39 is 0 Å². The van der Waals surface area contributed by atoms with E-state index in [9.17, 15) is 9.59 Å². The van der Waals surface area contributed by atoms with E-state index >= 15 is 0 Å². The molecule has 1 aromatic carbocycles. The van der Waals surface area contributed by atoms with Crippen molar-refractivity contribution in [1.29, 1.82) is 0 Å². The monoisotopic (exact) mass is 343 g/mol. The summed E-state index contributed by atoms with van der Waals surface area (Å²) in [4.78, 5) is 28.6. The Morgan fingerprint density at radius 1 is 1.00 bits per heavy atom. The molecule has 0 unspecified atom stereocenters. The van der Waals surface area contributed by atoms with Crippen LogP contribution in [0.3, 0.4) is 0 Å². The SMILES string of the molecule is O=C(Nc1ccc(Cl)cc1)c1cncc(C(=O)NC2CCCC2)c1. The van der Waals surface area contributed by atoms with Crippen LogP contribution < -0.4 is 10.6 Å². The highest BCUT2D eigenvalue weighted by Crippen LogP contribution is 2.18. The Hall–Kier alpha value is -2.40. The third kappa shape index (κ3) is 4.11. The number of halogens is 1. The van der Waals surface area contributed by atoms with Gasteiger partial charge >= 0.3 is 0 Å². The Morgan fingerprint density at radius 2 is 1.62 bits per heavy atom.